The fraction of sp³-hybridized carbons (Fsp3) is 0.278. The third kappa shape index (κ3) is 3.04. The number of rotatable bonds is 2. The first-order valence-corrected chi connectivity index (χ1v) is 9.11. The average Bonchev–Trinajstić information content (AvgIpc) is 2.95. The zero-order valence-corrected chi connectivity index (χ0v) is 15.5. The van der Waals surface area contributed by atoms with Crippen molar-refractivity contribution in [1.82, 2.24) is 9.66 Å². The van der Waals surface area contributed by atoms with Crippen LogP contribution in [0.4, 0.5) is 0 Å². The van der Waals surface area contributed by atoms with Gasteiger partial charge in [0.05, 0.1) is 17.6 Å². The van der Waals surface area contributed by atoms with Crippen molar-refractivity contribution in [3.8, 4) is 5.75 Å². The molecule has 0 aliphatic carbocycles. The Morgan fingerprint density at radius 1 is 1.30 bits per heavy atom. The summed E-state index contributed by atoms with van der Waals surface area (Å²) in [6.45, 7) is 4.26. The molecule has 2 aromatic heterocycles. The number of fused-ring (bicyclic) bond motifs is 3. The maximum atomic E-state index is 13.0. The van der Waals surface area contributed by atoms with Gasteiger partial charge in [-0.05, 0) is 43.7 Å². The molecule has 8 nitrogen and oxygen atoms in total. The Balaban J connectivity index is 1.80. The van der Waals surface area contributed by atoms with Gasteiger partial charge in [-0.3, -0.25) is 20.0 Å². The zero-order valence-electron chi connectivity index (χ0n) is 14.7. The summed E-state index contributed by atoms with van der Waals surface area (Å²) >= 11 is 1.32. The number of H-pyrrole nitrogens is 1. The van der Waals surface area contributed by atoms with E-state index >= 15 is 0 Å². The number of nitrogens with one attached hydrogen (secondary N) is 2. The fourth-order valence-corrected chi connectivity index (χ4v) is 4.22. The Morgan fingerprint density at radius 2 is 2.00 bits per heavy atom. The van der Waals surface area contributed by atoms with Crippen molar-refractivity contribution in [3.05, 3.63) is 61.1 Å². The lowest BCUT2D eigenvalue weighted by molar-refractivity contribution is -0.0379. The molecule has 0 saturated carbocycles. The molecule has 1 aliphatic heterocycles. The van der Waals surface area contributed by atoms with Crippen LogP contribution in [-0.2, 0) is 17.8 Å². The molecule has 0 atom stereocenters. The van der Waals surface area contributed by atoms with E-state index in [1.807, 2.05) is 13.8 Å². The van der Waals surface area contributed by atoms with E-state index in [2.05, 4.69) is 10.4 Å². The van der Waals surface area contributed by atoms with Crippen molar-refractivity contribution < 1.29 is 14.6 Å². The molecule has 1 aromatic carbocycles. The van der Waals surface area contributed by atoms with Gasteiger partial charge in [0.2, 0.25) is 0 Å². The highest BCUT2D eigenvalue weighted by Crippen LogP contribution is 2.36. The van der Waals surface area contributed by atoms with Crippen LogP contribution in [0.3, 0.4) is 0 Å². The highest BCUT2D eigenvalue weighted by molar-refractivity contribution is 7.18. The lowest BCUT2D eigenvalue weighted by atomic mass is 9.94. The third-order valence-corrected chi connectivity index (χ3v) is 5.59. The first-order valence-electron chi connectivity index (χ1n) is 8.29. The average molecular weight is 387 g/mol. The summed E-state index contributed by atoms with van der Waals surface area (Å²) in [6, 6.07) is 5.49. The molecule has 0 spiro atoms. The number of nitrogens with zero attached hydrogens (tertiary/aromatic N) is 1. The number of hydrogen-bond acceptors (Lipinski definition) is 6. The van der Waals surface area contributed by atoms with Crippen molar-refractivity contribution >= 4 is 27.5 Å². The Hall–Kier alpha value is -2.91. The van der Waals surface area contributed by atoms with E-state index in [0.29, 0.717) is 27.9 Å². The van der Waals surface area contributed by atoms with Crippen LogP contribution < -0.4 is 16.7 Å². The number of carbonyl (C=O) groups is 1. The topological polar surface area (TPSA) is 113 Å². The molecule has 4 rings (SSSR count). The second-order valence-corrected chi connectivity index (χ2v) is 8.10. The fourth-order valence-electron chi connectivity index (χ4n) is 3.11. The molecule has 0 bridgehead atoms. The Morgan fingerprint density at radius 3 is 2.70 bits per heavy atom. The summed E-state index contributed by atoms with van der Waals surface area (Å²) < 4.78 is 6.46. The van der Waals surface area contributed by atoms with Gasteiger partial charge in [0.25, 0.3) is 11.5 Å². The number of phenols is 1. The van der Waals surface area contributed by atoms with E-state index in [-0.39, 0.29) is 11.3 Å². The van der Waals surface area contributed by atoms with Gasteiger partial charge >= 0.3 is 5.69 Å². The van der Waals surface area contributed by atoms with Crippen LogP contribution in [0.5, 0.6) is 5.75 Å². The zero-order chi connectivity index (χ0) is 19.3. The number of benzene rings is 1. The van der Waals surface area contributed by atoms with E-state index in [0.717, 1.165) is 10.4 Å². The molecule has 3 aromatic rings. The minimum Gasteiger partial charge on any atom is -0.508 e. The van der Waals surface area contributed by atoms with Crippen LogP contribution >= 0.6 is 11.3 Å². The summed E-state index contributed by atoms with van der Waals surface area (Å²) in [6.07, 6.45) is 0.537. The molecule has 0 unspecified atom stereocenters. The molecular weight excluding hydrogens is 370 g/mol. The number of ether oxygens (including phenoxy) is 1. The first-order chi connectivity index (χ1) is 12.7. The number of aromatic hydroxyl groups is 1. The van der Waals surface area contributed by atoms with Crippen molar-refractivity contribution in [1.29, 1.82) is 0 Å². The van der Waals surface area contributed by atoms with Gasteiger partial charge in [0.15, 0.2) is 0 Å². The van der Waals surface area contributed by atoms with Crippen LogP contribution in [0.25, 0.3) is 10.2 Å². The quantitative estimate of drug-likeness (QED) is 0.619. The lowest BCUT2D eigenvalue weighted by Gasteiger charge is -2.29. The van der Waals surface area contributed by atoms with E-state index in [4.69, 9.17) is 4.74 Å². The molecule has 9 heteroatoms. The van der Waals surface area contributed by atoms with Gasteiger partial charge in [0.1, 0.15) is 10.6 Å². The van der Waals surface area contributed by atoms with Crippen LogP contribution in [0.15, 0.2) is 33.9 Å². The van der Waals surface area contributed by atoms with Gasteiger partial charge in [-0.1, -0.05) is 0 Å². The lowest BCUT2D eigenvalue weighted by Crippen LogP contribution is -2.43. The maximum absolute atomic E-state index is 13.0. The van der Waals surface area contributed by atoms with E-state index in [1.54, 1.807) is 0 Å². The SMILES string of the molecule is CC1(C)Cc2c(sc3[nH]c(=O)n(NC(=O)c4ccc(O)cc4)c(=O)c23)CO1. The second-order valence-electron chi connectivity index (χ2n) is 6.99. The number of thiophene rings is 1. The minimum atomic E-state index is -0.724. The molecule has 27 heavy (non-hydrogen) atoms. The van der Waals surface area contributed by atoms with Crippen LogP contribution in [-0.4, -0.2) is 26.3 Å². The highest BCUT2D eigenvalue weighted by Gasteiger charge is 2.31. The first kappa shape index (κ1) is 17.5. The largest absolute Gasteiger partial charge is 0.508 e. The summed E-state index contributed by atoms with van der Waals surface area (Å²) in [5, 5.41) is 9.71. The Labute approximate surface area is 157 Å². The number of aromatic amines is 1. The second kappa shape index (κ2) is 6.07. The number of amides is 1. The van der Waals surface area contributed by atoms with Crippen LogP contribution in [0, 0.1) is 0 Å². The van der Waals surface area contributed by atoms with Crippen molar-refractivity contribution in [2.24, 2.45) is 0 Å². The molecule has 3 heterocycles. The molecule has 1 aliphatic rings. The van der Waals surface area contributed by atoms with E-state index < -0.39 is 22.8 Å². The van der Waals surface area contributed by atoms with Crippen LogP contribution in [0.2, 0.25) is 0 Å². The molecule has 0 fully saturated rings. The number of phenolic OH excluding ortho intramolecular Hbond substituents is 1. The van der Waals surface area contributed by atoms with Gasteiger partial charge in [-0.25, -0.2) is 4.79 Å². The predicted octanol–water partition coefficient (Wildman–Crippen LogP) is 1.69. The highest BCUT2D eigenvalue weighted by atomic mass is 32.1. The van der Waals surface area contributed by atoms with Gasteiger partial charge in [-0.15, -0.1) is 11.3 Å². The van der Waals surface area contributed by atoms with Crippen LogP contribution in [0.1, 0.15) is 34.6 Å². The molecule has 3 N–H and O–H groups in total. The minimum absolute atomic E-state index is 0.0118. The molecule has 1 amide bonds. The number of hydrogen-bond donors (Lipinski definition) is 3. The van der Waals surface area contributed by atoms with Crippen molar-refractivity contribution in [2.75, 3.05) is 5.43 Å². The summed E-state index contributed by atoms with van der Waals surface area (Å²) in [4.78, 5) is 41.7. The summed E-state index contributed by atoms with van der Waals surface area (Å²) in [5.74, 6) is -0.618. The van der Waals surface area contributed by atoms with Gasteiger partial charge in [0, 0.05) is 16.9 Å². The molecular formula is C18H17N3O5S. The van der Waals surface area contributed by atoms with Gasteiger partial charge < -0.3 is 9.84 Å². The smallest absolute Gasteiger partial charge is 0.348 e. The molecule has 0 radical (unpaired) electrons. The van der Waals surface area contributed by atoms with Crippen molar-refractivity contribution in [2.45, 2.75) is 32.5 Å². The standard InChI is InChI=1S/C18H17N3O5S/c1-18(2)7-11-12(8-26-18)27-15-13(11)16(24)21(17(25)19-15)20-14(23)9-3-5-10(22)6-4-9/h3-6,22H,7-8H2,1-2H3,(H,19,25)(H,20,23). The predicted molar refractivity (Wildman–Crippen MR) is 101 cm³/mol. The van der Waals surface area contributed by atoms with Crippen molar-refractivity contribution in [3.63, 3.8) is 0 Å². The van der Waals surface area contributed by atoms with Gasteiger partial charge in [-0.2, -0.15) is 4.68 Å². The third-order valence-electron chi connectivity index (χ3n) is 4.47. The summed E-state index contributed by atoms with van der Waals surface area (Å²) in [7, 11) is 0. The summed E-state index contributed by atoms with van der Waals surface area (Å²) in [5.41, 5.74) is 1.68. The molecule has 0 saturated heterocycles. The normalized spacial score (nSPS) is 15.5. The van der Waals surface area contributed by atoms with E-state index in [9.17, 15) is 19.5 Å². The number of carbonyl (C=O) groups excluding carboxylic acids is 1. The Kier molecular flexibility index (Phi) is 3.93. The number of aromatic nitrogens is 2. The van der Waals surface area contributed by atoms with E-state index in [1.165, 1.54) is 35.6 Å². The monoisotopic (exact) mass is 387 g/mol. The Bertz CT molecular complexity index is 1170. The molecule has 140 valence electrons. The maximum Gasteiger partial charge on any atom is 0.348 e.